The van der Waals surface area contributed by atoms with Crippen LogP contribution in [0.25, 0.3) is 22.1 Å². The topological polar surface area (TPSA) is 123 Å². The number of rotatable bonds is 8. The van der Waals surface area contributed by atoms with Gasteiger partial charge in [0.25, 0.3) is 15.9 Å². The first kappa shape index (κ1) is 27.7. The molecule has 0 bridgehead atoms. The van der Waals surface area contributed by atoms with E-state index in [0.29, 0.717) is 42.9 Å². The Morgan fingerprint density at radius 3 is 2.22 bits per heavy atom. The normalized spacial score (nSPS) is 13.5. The van der Waals surface area contributed by atoms with Crippen molar-refractivity contribution in [3.8, 4) is 40.7 Å². The molecule has 1 aliphatic heterocycles. The highest BCUT2D eigenvalue weighted by molar-refractivity contribution is 7.93. The molecule has 41 heavy (non-hydrogen) atoms. The fourth-order valence-corrected chi connectivity index (χ4v) is 6.16. The highest BCUT2D eigenvalue weighted by atomic mass is 32.2. The summed E-state index contributed by atoms with van der Waals surface area (Å²) in [7, 11) is 0.0391. The number of terminal acetylenes is 1. The molecule has 2 heterocycles. The van der Waals surface area contributed by atoms with E-state index >= 15 is 0 Å². The van der Waals surface area contributed by atoms with E-state index in [1.54, 1.807) is 23.1 Å². The van der Waals surface area contributed by atoms with Crippen LogP contribution in [0.3, 0.4) is 0 Å². The number of hydrogen-bond donors (Lipinski definition) is 1. The average molecular weight is 577 g/mol. The predicted molar refractivity (Wildman–Crippen MR) is 154 cm³/mol. The molecule has 0 unspecified atom stereocenters. The Balaban J connectivity index is 1.46. The maximum absolute atomic E-state index is 13.4. The van der Waals surface area contributed by atoms with Crippen molar-refractivity contribution in [1.29, 1.82) is 0 Å². The van der Waals surface area contributed by atoms with E-state index in [2.05, 4.69) is 20.7 Å². The molecule has 1 N–H and O–H groups in total. The van der Waals surface area contributed by atoms with Crippen LogP contribution in [0.2, 0.25) is 0 Å². The standard InChI is InChI=1S/C29H28N4O7S/c1-5-26(34)33-14-12-32(13-15-33)21-9-6-8-19(16-21)20-17-24(39-4)27-25(18-20)40-30-29(27)31-41(35,36)28-22(37-2)10-7-11-23(28)38-3/h1,6-11,16-18H,12-15H2,2-4H3,(H,30,31). The van der Waals surface area contributed by atoms with Crippen molar-refractivity contribution in [2.45, 2.75) is 4.90 Å². The number of piperazine rings is 1. The summed E-state index contributed by atoms with van der Waals surface area (Å²) in [5.41, 5.74) is 3.00. The van der Waals surface area contributed by atoms with Crippen LogP contribution in [-0.4, -0.2) is 71.9 Å². The minimum Gasteiger partial charge on any atom is -0.496 e. The first-order valence-electron chi connectivity index (χ1n) is 12.6. The van der Waals surface area contributed by atoms with E-state index in [9.17, 15) is 13.2 Å². The van der Waals surface area contributed by atoms with E-state index < -0.39 is 10.0 Å². The van der Waals surface area contributed by atoms with E-state index in [-0.39, 0.29) is 28.1 Å². The lowest BCUT2D eigenvalue weighted by Crippen LogP contribution is -2.48. The van der Waals surface area contributed by atoms with Crippen molar-refractivity contribution in [2.75, 3.05) is 57.1 Å². The molecule has 0 radical (unpaired) electrons. The van der Waals surface area contributed by atoms with Crippen molar-refractivity contribution in [3.05, 3.63) is 54.6 Å². The molecule has 12 heteroatoms. The molecule has 1 saturated heterocycles. The molecule has 1 aromatic heterocycles. The minimum atomic E-state index is -4.20. The summed E-state index contributed by atoms with van der Waals surface area (Å²) in [6.07, 6.45) is 5.26. The second-order valence-corrected chi connectivity index (χ2v) is 10.8. The fourth-order valence-electron chi connectivity index (χ4n) is 4.83. The quantitative estimate of drug-likeness (QED) is 0.313. The van der Waals surface area contributed by atoms with Crippen molar-refractivity contribution < 1.29 is 31.9 Å². The SMILES string of the molecule is C#CC(=O)N1CCN(c2cccc(-c3cc(OC)c4c(NS(=O)(=O)c5c(OC)cccc5OC)noc4c3)c2)CC1. The van der Waals surface area contributed by atoms with Gasteiger partial charge in [-0.1, -0.05) is 23.4 Å². The lowest BCUT2D eigenvalue weighted by molar-refractivity contribution is -0.125. The number of hydrogen-bond acceptors (Lipinski definition) is 9. The molecule has 5 rings (SSSR count). The number of ether oxygens (including phenoxy) is 3. The van der Waals surface area contributed by atoms with Crippen LogP contribution in [0.1, 0.15) is 0 Å². The Morgan fingerprint density at radius 2 is 1.59 bits per heavy atom. The lowest BCUT2D eigenvalue weighted by atomic mass is 10.0. The number of nitrogens with zero attached hydrogens (tertiary/aromatic N) is 3. The van der Waals surface area contributed by atoms with Gasteiger partial charge in [0, 0.05) is 31.9 Å². The smallest absolute Gasteiger partial charge is 0.298 e. The number of methoxy groups -OCH3 is 3. The van der Waals surface area contributed by atoms with Gasteiger partial charge in [0.05, 0.1) is 21.3 Å². The summed E-state index contributed by atoms with van der Waals surface area (Å²) < 4.78 is 51.1. The molecular formula is C29H28N4O7S. The van der Waals surface area contributed by atoms with E-state index in [4.69, 9.17) is 25.2 Å². The van der Waals surface area contributed by atoms with Crippen LogP contribution in [0, 0.1) is 12.3 Å². The van der Waals surface area contributed by atoms with Crippen molar-refractivity contribution in [2.24, 2.45) is 0 Å². The Bertz CT molecular complexity index is 1730. The van der Waals surface area contributed by atoms with Crippen LogP contribution in [-0.2, 0) is 14.8 Å². The summed E-state index contributed by atoms with van der Waals surface area (Å²) in [5, 5.41) is 4.36. The highest BCUT2D eigenvalue weighted by Gasteiger charge is 2.28. The van der Waals surface area contributed by atoms with Crippen molar-refractivity contribution in [1.82, 2.24) is 10.1 Å². The van der Waals surface area contributed by atoms with E-state index in [1.807, 2.05) is 24.3 Å². The van der Waals surface area contributed by atoms with Gasteiger partial charge in [-0.25, -0.2) is 8.42 Å². The fraction of sp³-hybridized carbons (Fsp3) is 0.241. The third-order valence-corrected chi connectivity index (χ3v) is 8.28. The third kappa shape index (κ3) is 5.31. The molecular weight excluding hydrogens is 548 g/mol. The van der Waals surface area contributed by atoms with Crippen LogP contribution in [0.15, 0.2) is 64.0 Å². The maximum Gasteiger partial charge on any atom is 0.298 e. The Hall–Kier alpha value is -4.89. The number of carbonyl (C=O) groups is 1. The summed E-state index contributed by atoms with van der Waals surface area (Å²) in [4.78, 5) is 15.5. The van der Waals surface area contributed by atoms with Gasteiger partial charge in [0.1, 0.15) is 22.6 Å². The predicted octanol–water partition coefficient (Wildman–Crippen LogP) is 3.60. The molecule has 0 atom stereocenters. The number of carbonyl (C=O) groups excluding carboxylic acids is 1. The Labute approximate surface area is 237 Å². The van der Waals surface area contributed by atoms with Gasteiger partial charge in [-0.05, 0) is 53.4 Å². The largest absolute Gasteiger partial charge is 0.496 e. The maximum atomic E-state index is 13.4. The number of fused-ring (bicyclic) bond motifs is 1. The van der Waals surface area contributed by atoms with Crippen LogP contribution >= 0.6 is 0 Å². The van der Waals surface area contributed by atoms with Gasteiger partial charge in [0.15, 0.2) is 16.3 Å². The second kappa shape index (κ2) is 11.3. The molecule has 0 saturated carbocycles. The van der Waals surface area contributed by atoms with E-state index in [0.717, 1.165) is 16.8 Å². The summed E-state index contributed by atoms with van der Waals surface area (Å²) in [6.45, 7) is 2.40. The highest BCUT2D eigenvalue weighted by Crippen LogP contribution is 2.40. The van der Waals surface area contributed by atoms with Gasteiger partial charge in [0.2, 0.25) is 0 Å². The van der Waals surface area contributed by atoms with Gasteiger partial charge in [-0.15, -0.1) is 6.42 Å². The number of aromatic nitrogens is 1. The van der Waals surface area contributed by atoms with Gasteiger partial charge in [-0.2, -0.15) is 0 Å². The van der Waals surface area contributed by atoms with Gasteiger partial charge in [-0.3, -0.25) is 9.52 Å². The second-order valence-electron chi connectivity index (χ2n) is 9.15. The molecule has 11 nitrogen and oxygen atoms in total. The number of benzene rings is 3. The summed E-state index contributed by atoms with van der Waals surface area (Å²) >= 11 is 0. The number of amides is 1. The first-order valence-corrected chi connectivity index (χ1v) is 14.1. The summed E-state index contributed by atoms with van der Waals surface area (Å²) in [5.74, 6) is 2.44. The van der Waals surface area contributed by atoms with Crippen molar-refractivity contribution >= 4 is 38.4 Å². The van der Waals surface area contributed by atoms with Crippen LogP contribution < -0.4 is 23.8 Å². The zero-order valence-electron chi connectivity index (χ0n) is 22.7. The molecule has 1 fully saturated rings. The molecule has 4 aromatic rings. The monoisotopic (exact) mass is 576 g/mol. The Kier molecular flexibility index (Phi) is 7.63. The molecule has 1 amide bonds. The van der Waals surface area contributed by atoms with Crippen LogP contribution in [0.5, 0.6) is 17.2 Å². The zero-order chi connectivity index (χ0) is 29.1. The molecule has 3 aromatic carbocycles. The first-order chi connectivity index (χ1) is 19.8. The van der Waals surface area contributed by atoms with E-state index in [1.165, 1.54) is 33.5 Å². The van der Waals surface area contributed by atoms with Crippen LogP contribution in [0.4, 0.5) is 11.5 Å². The minimum absolute atomic E-state index is 0.0375. The number of sulfonamides is 1. The molecule has 212 valence electrons. The zero-order valence-corrected chi connectivity index (χ0v) is 23.5. The number of anilines is 2. The van der Waals surface area contributed by atoms with Crippen molar-refractivity contribution in [3.63, 3.8) is 0 Å². The molecule has 0 aliphatic carbocycles. The van der Waals surface area contributed by atoms with Gasteiger partial charge < -0.3 is 28.5 Å². The number of nitrogens with one attached hydrogen (secondary N) is 1. The molecule has 1 aliphatic rings. The average Bonchev–Trinajstić information content (AvgIpc) is 3.41. The lowest BCUT2D eigenvalue weighted by Gasteiger charge is -2.35. The summed E-state index contributed by atoms with van der Waals surface area (Å²) in [6, 6.07) is 16.2. The third-order valence-electron chi connectivity index (χ3n) is 6.88. The van der Waals surface area contributed by atoms with Gasteiger partial charge >= 0.3 is 0 Å². The molecule has 0 spiro atoms. The Morgan fingerprint density at radius 1 is 0.927 bits per heavy atom.